The molecule has 0 aliphatic heterocycles. The Morgan fingerprint density at radius 2 is 1.24 bits per heavy atom. The fourth-order valence-electron chi connectivity index (χ4n) is 5.74. The lowest BCUT2D eigenvalue weighted by Gasteiger charge is -2.16. The average Bonchev–Trinajstić information content (AvgIpc) is 3.47. The first-order chi connectivity index (χ1) is 26.0. The molecule has 3 N–H and O–H groups in total. The molecule has 5 aromatic rings. The van der Waals surface area contributed by atoms with E-state index in [1.807, 2.05) is 60.1 Å². The summed E-state index contributed by atoms with van der Waals surface area (Å²) in [5.74, 6) is -1.90. The van der Waals surface area contributed by atoms with Crippen molar-refractivity contribution in [3.63, 3.8) is 0 Å². The van der Waals surface area contributed by atoms with E-state index in [1.165, 1.54) is 18.2 Å². The van der Waals surface area contributed by atoms with Crippen molar-refractivity contribution in [2.45, 2.75) is 25.2 Å². The Bertz CT molecular complexity index is 2130. The van der Waals surface area contributed by atoms with Crippen molar-refractivity contribution in [2.24, 2.45) is 7.05 Å². The van der Waals surface area contributed by atoms with Gasteiger partial charge < -0.3 is 38.7 Å². The van der Waals surface area contributed by atoms with Crippen molar-refractivity contribution >= 4 is 43.8 Å². The number of benzene rings is 3. The molecule has 2 aromatic heterocycles. The van der Waals surface area contributed by atoms with Crippen molar-refractivity contribution in [1.29, 1.82) is 0 Å². The van der Waals surface area contributed by atoms with Gasteiger partial charge in [0, 0.05) is 36.4 Å². The summed E-state index contributed by atoms with van der Waals surface area (Å²) in [5.41, 5.74) is 3.04. The van der Waals surface area contributed by atoms with E-state index >= 15 is 0 Å². The number of carbonyl (C=O) groups excluding carboxylic acids is 2. The molecule has 0 amide bonds. The predicted molar refractivity (Wildman–Crippen MR) is 196 cm³/mol. The second-order valence-electron chi connectivity index (χ2n) is 12.1. The zero-order valence-corrected chi connectivity index (χ0v) is 31.1. The molecule has 15 nitrogen and oxygen atoms in total. The van der Waals surface area contributed by atoms with Gasteiger partial charge in [0.2, 0.25) is 32.8 Å². The van der Waals surface area contributed by atoms with Gasteiger partial charge in [-0.2, -0.15) is 4.57 Å². The van der Waals surface area contributed by atoms with Gasteiger partial charge in [-0.25, -0.2) is 22.7 Å². The van der Waals surface area contributed by atoms with Crippen LogP contribution < -0.4 is 18.9 Å². The van der Waals surface area contributed by atoms with Crippen LogP contribution in [0.1, 0.15) is 27.9 Å². The number of fused-ring (bicyclic) bond motifs is 2. The number of carbonyl (C=O) groups is 2. The smallest absolute Gasteiger partial charge is 0.345 e. The molecule has 54 heavy (non-hydrogen) atoms. The van der Waals surface area contributed by atoms with E-state index in [0.29, 0.717) is 34.6 Å². The summed E-state index contributed by atoms with van der Waals surface area (Å²) in [7, 11) is -2.02. The van der Waals surface area contributed by atoms with E-state index in [2.05, 4.69) is 4.72 Å². The average molecular weight is 767 g/mol. The Morgan fingerprint density at radius 1 is 0.722 bits per heavy atom. The molecule has 0 aliphatic rings. The van der Waals surface area contributed by atoms with Gasteiger partial charge in [0.1, 0.15) is 12.8 Å². The summed E-state index contributed by atoms with van der Waals surface area (Å²) in [6.07, 6.45) is -0.0876. The van der Waals surface area contributed by atoms with Crippen LogP contribution in [0, 0.1) is 13.8 Å². The van der Waals surface area contributed by atoms with Gasteiger partial charge in [0.15, 0.2) is 0 Å². The first-order valence-electron chi connectivity index (χ1n) is 17.2. The van der Waals surface area contributed by atoms with Crippen LogP contribution in [0.4, 0.5) is 0 Å². The zero-order chi connectivity index (χ0) is 38.7. The zero-order valence-electron chi connectivity index (χ0n) is 30.3. The maximum atomic E-state index is 13.8. The Labute approximate surface area is 312 Å². The molecule has 2 heterocycles. The Kier molecular flexibility index (Phi) is 13.9. The molecular formula is C38H44N3O12S+. The second kappa shape index (κ2) is 18.8. The van der Waals surface area contributed by atoms with E-state index in [-0.39, 0.29) is 63.3 Å². The normalized spacial score (nSPS) is 11.7. The lowest BCUT2D eigenvalue weighted by Crippen LogP contribution is -2.31. The van der Waals surface area contributed by atoms with Gasteiger partial charge >= 0.3 is 11.9 Å². The number of nitrogens with zero attached hydrogens (tertiary/aromatic N) is 2. The number of sulfonamides is 1. The van der Waals surface area contributed by atoms with Crippen LogP contribution in [0.15, 0.2) is 77.7 Å². The summed E-state index contributed by atoms with van der Waals surface area (Å²) < 4.78 is 59.4. The Morgan fingerprint density at radius 3 is 1.81 bits per heavy atom. The van der Waals surface area contributed by atoms with Crippen molar-refractivity contribution in [2.75, 3.05) is 59.4 Å². The third-order valence-electron chi connectivity index (χ3n) is 8.41. The van der Waals surface area contributed by atoms with Crippen molar-refractivity contribution in [3.05, 3.63) is 89.5 Å². The molecule has 0 spiro atoms. The number of esters is 1. The molecule has 5 rings (SSSR count). The van der Waals surface area contributed by atoms with E-state index < -0.39 is 33.7 Å². The lowest BCUT2D eigenvalue weighted by molar-refractivity contribution is -0.617. The van der Waals surface area contributed by atoms with E-state index in [0.717, 1.165) is 21.8 Å². The summed E-state index contributed by atoms with van der Waals surface area (Å²) >= 11 is 0. The van der Waals surface area contributed by atoms with Crippen molar-refractivity contribution in [3.8, 4) is 17.5 Å². The lowest BCUT2D eigenvalue weighted by atomic mass is 10.0. The van der Waals surface area contributed by atoms with Crippen LogP contribution >= 0.6 is 0 Å². The molecule has 0 fully saturated rings. The molecule has 0 saturated carbocycles. The predicted octanol–water partition coefficient (Wildman–Crippen LogP) is 3.26. The largest absolute Gasteiger partial charge is 0.492 e. The maximum absolute atomic E-state index is 13.8. The second-order valence-corrected chi connectivity index (χ2v) is 13.8. The summed E-state index contributed by atoms with van der Waals surface area (Å²) in [5, 5.41) is 20.4. The standard InChI is InChI=1S/C38H43N3O12S/c1-26-12-13-32(27(2)37(26)52-38(45)36-28-8-4-6-10-30(28)40(3)31-11-7-5-9-29(31)36)54(46,47)39-17-19-49-21-23-51-25-24-50-22-20-48-18-16-35(44)53-41-33(42)14-15-34(41)43/h4-15,39,45H,16-25H2,1-3H3/p+1. The van der Waals surface area contributed by atoms with Gasteiger partial charge in [-0.05, 0) is 37.6 Å². The first-order valence-corrected chi connectivity index (χ1v) is 18.7. The highest BCUT2D eigenvalue weighted by Gasteiger charge is 2.26. The van der Waals surface area contributed by atoms with Gasteiger partial charge in [0.05, 0.1) is 80.5 Å². The number of pyridine rings is 1. The molecule has 0 bridgehead atoms. The molecule has 0 saturated heterocycles. The minimum absolute atomic E-state index is 0.00329. The molecule has 0 unspecified atom stereocenters. The molecule has 0 atom stereocenters. The van der Waals surface area contributed by atoms with Crippen LogP contribution in [0.3, 0.4) is 0 Å². The minimum atomic E-state index is -3.96. The van der Waals surface area contributed by atoms with E-state index in [1.54, 1.807) is 19.9 Å². The number of nitrogens with one attached hydrogen (secondary N) is 1. The topological polar surface area (TPSA) is 185 Å². The fourth-order valence-corrected chi connectivity index (χ4v) is 6.99. The molecule has 0 aliphatic carbocycles. The molecule has 288 valence electrons. The number of aryl methyl sites for hydroxylation is 2. The number of aromatic nitrogens is 2. The highest BCUT2D eigenvalue weighted by Crippen LogP contribution is 2.32. The van der Waals surface area contributed by atoms with Gasteiger partial charge in [-0.1, -0.05) is 30.3 Å². The number of hydrogen-bond acceptors (Lipinski definition) is 12. The quantitative estimate of drug-likeness (QED) is 0.0346. The fraction of sp³-hybridized carbons (Fsp3) is 0.342. The highest BCUT2D eigenvalue weighted by atomic mass is 32.2. The monoisotopic (exact) mass is 766 g/mol. The highest BCUT2D eigenvalue weighted by molar-refractivity contribution is 7.89. The SMILES string of the molecule is Cc1ccc(S(=O)(=O)NCCOCCOCCOCCOCCC(=O)On2c(O)ccc2O)c(C)c1OC(=O)c1c2ccccc2[n+](C)c2ccccc12. The third kappa shape index (κ3) is 9.90. The summed E-state index contributed by atoms with van der Waals surface area (Å²) in [6.45, 7) is 5.21. The number of hydrogen-bond donors (Lipinski definition) is 3. The van der Waals surface area contributed by atoms with Gasteiger partial charge in [-0.3, -0.25) is 0 Å². The van der Waals surface area contributed by atoms with Crippen LogP contribution in [-0.2, 0) is 40.8 Å². The summed E-state index contributed by atoms with van der Waals surface area (Å²) in [6, 6.07) is 20.6. The van der Waals surface area contributed by atoms with Crippen LogP contribution in [0.25, 0.3) is 21.8 Å². The Hall–Kier alpha value is -5.10. The molecule has 3 aromatic carbocycles. The Balaban J connectivity index is 0.997. The number of para-hydroxylation sites is 2. The van der Waals surface area contributed by atoms with Crippen LogP contribution in [0.2, 0.25) is 0 Å². The van der Waals surface area contributed by atoms with Crippen molar-refractivity contribution < 1.29 is 61.3 Å². The molecular weight excluding hydrogens is 722 g/mol. The molecule has 0 radical (unpaired) electrons. The number of ether oxygens (including phenoxy) is 5. The van der Waals surface area contributed by atoms with Crippen LogP contribution in [0.5, 0.6) is 17.5 Å². The summed E-state index contributed by atoms with van der Waals surface area (Å²) in [4.78, 5) is 30.4. The first kappa shape index (κ1) is 40.1. The minimum Gasteiger partial charge on any atom is -0.492 e. The van der Waals surface area contributed by atoms with Crippen LogP contribution in [-0.4, -0.2) is 94.7 Å². The van der Waals surface area contributed by atoms with E-state index in [4.69, 9.17) is 28.5 Å². The number of aromatic hydroxyl groups is 2. The van der Waals surface area contributed by atoms with Gasteiger partial charge in [0.25, 0.3) is 0 Å². The maximum Gasteiger partial charge on any atom is 0.345 e. The van der Waals surface area contributed by atoms with E-state index in [9.17, 15) is 28.2 Å². The number of rotatable bonds is 20. The third-order valence-corrected chi connectivity index (χ3v) is 10.0. The van der Waals surface area contributed by atoms with Crippen molar-refractivity contribution in [1.82, 2.24) is 9.45 Å². The molecule has 16 heteroatoms. The van der Waals surface area contributed by atoms with Gasteiger partial charge in [-0.15, -0.1) is 4.73 Å².